The SMILES string of the molecule is COc1ccc(CN(CCCN(C)C)c2nccc3c2[nH]c2ccccc23)cc1. The largest absolute Gasteiger partial charge is 0.497 e. The van der Waals surface area contributed by atoms with Crippen LogP contribution in [0.25, 0.3) is 21.8 Å². The molecule has 2 aromatic heterocycles. The molecule has 0 saturated carbocycles. The van der Waals surface area contributed by atoms with Crippen LogP contribution in [0.1, 0.15) is 12.0 Å². The number of aromatic nitrogens is 2. The van der Waals surface area contributed by atoms with Crippen molar-refractivity contribution in [1.29, 1.82) is 0 Å². The molecular weight excluding hydrogens is 360 g/mol. The zero-order valence-electron chi connectivity index (χ0n) is 17.4. The number of fused-ring (bicyclic) bond motifs is 3. The molecule has 0 spiro atoms. The number of nitrogens with zero attached hydrogens (tertiary/aromatic N) is 3. The van der Waals surface area contributed by atoms with Gasteiger partial charge in [0.2, 0.25) is 0 Å². The van der Waals surface area contributed by atoms with E-state index in [1.165, 1.54) is 16.3 Å². The van der Waals surface area contributed by atoms with E-state index >= 15 is 0 Å². The van der Waals surface area contributed by atoms with Gasteiger partial charge in [-0.05, 0) is 56.9 Å². The van der Waals surface area contributed by atoms with Crippen LogP contribution >= 0.6 is 0 Å². The van der Waals surface area contributed by atoms with Crippen LogP contribution in [-0.2, 0) is 6.54 Å². The first-order chi connectivity index (χ1) is 14.2. The molecule has 4 aromatic rings. The van der Waals surface area contributed by atoms with Gasteiger partial charge < -0.3 is 19.5 Å². The summed E-state index contributed by atoms with van der Waals surface area (Å²) < 4.78 is 5.30. The van der Waals surface area contributed by atoms with Crippen molar-refractivity contribution >= 4 is 27.6 Å². The first-order valence-electron chi connectivity index (χ1n) is 10.0. The predicted octanol–water partition coefficient (Wildman–Crippen LogP) is 4.68. The molecule has 0 fully saturated rings. The summed E-state index contributed by atoms with van der Waals surface area (Å²) in [5.74, 6) is 1.89. The monoisotopic (exact) mass is 388 g/mol. The van der Waals surface area contributed by atoms with Crippen molar-refractivity contribution in [3.63, 3.8) is 0 Å². The Morgan fingerprint density at radius 1 is 0.931 bits per heavy atom. The van der Waals surface area contributed by atoms with Crippen LogP contribution in [0.4, 0.5) is 5.82 Å². The lowest BCUT2D eigenvalue weighted by Gasteiger charge is -2.25. The van der Waals surface area contributed by atoms with Crippen LogP contribution in [0.15, 0.2) is 60.8 Å². The zero-order valence-corrected chi connectivity index (χ0v) is 17.4. The van der Waals surface area contributed by atoms with E-state index in [1.807, 2.05) is 18.3 Å². The third-order valence-corrected chi connectivity index (χ3v) is 5.27. The number of methoxy groups -OCH3 is 1. The molecule has 0 amide bonds. The van der Waals surface area contributed by atoms with Crippen LogP contribution in [0.3, 0.4) is 0 Å². The molecule has 2 aromatic carbocycles. The van der Waals surface area contributed by atoms with Gasteiger partial charge >= 0.3 is 0 Å². The van der Waals surface area contributed by atoms with Crippen molar-refractivity contribution in [3.05, 3.63) is 66.4 Å². The fourth-order valence-electron chi connectivity index (χ4n) is 3.79. The van der Waals surface area contributed by atoms with Crippen LogP contribution in [0.2, 0.25) is 0 Å². The maximum atomic E-state index is 5.30. The molecule has 5 nitrogen and oxygen atoms in total. The van der Waals surface area contributed by atoms with Gasteiger partial charge in [-0.3, -0.25) is 0 Å². The number of aromatic amines is 1. The van der Waals surface area contributed by atoms with E-state index in [-0.39, 0.29) is 0 Å². The lowest BCUT2D eigenvalue weighted by atomic mass is 10.1. The molecule has 4 rings (SSSR count). The van der Waals surface area contributed by atoms with Gasteiger partial charge in [0, 0.05) is 35.6 Å². The van der Waals surface area contributed by atoms with Crippen LogP contribution < -0.4 is 9.64 Å². The average molecular weight is 389 g/mol. The number of hydrogen-bond donors (Lipinski definition) is 1. The van der Waals surface area contributed by atoms with Gasteiger partial charge in [0.1, 0.15) is 5.75 Å². The van der Waals surface area contributed by atoms with E-state index in [0.717, 1.165) is 48.7 Å². The number of H-pyrrole nitrogens is 1. The third-order valence-electron chi connectivity index (χ3n) is 5.27. The Labute approximate surface area is 171 Å². The van der Waals surface area contributed by atoms with Gasteiger partial charge in [0.25, 0.3) is 0 Å². The topological polar surface area (TPSA) is 44.4 Å². The highest BCUT2D eigenvalue weighted by atomic mass is 16.5. The number of rotatable bonds is 8. The number of nitrogens with one attached hydrogen (secondary N) is 1. The lowest BCUT2D eigenvalue weighted by Crippen LogP contribution is -2.27. The number of anilines is 1. The molecule has 0 atom stereocenters. The molecule has 0 unspecified atom stereocenters. The van der Waals surface area contributed by atoms with Gasteiger partial charge in [-0.1, -0.05) is 30.3 Å². The average Bonchev–Trinajstić information content (AvgIpc) is 3.12. The second kappa shape index (κ2) is 8.53. The maximum absolute atomic E-state index is 5.30. The molecular formula is C24H28N4O. The van der Waals surface area contributed by atoms with Crippen molar-refractivity contribution in [2.24, 2.45) is 0 Å². The van der Waals surface area contributed by atoms with E-state index in [9.17, 15) is 0 Å². The van der Waals surface area contributed by atoms with E-state index in [0.29, 0.717) is 0 Å². The van der Waals surface area contributed by atoms with Crippen molar-refractivity contribution in [2.75, 3.05) is 39.2 Å². The fraction of sp³-hybridized carbons (Fsp3) is 0.292. The van der Waals surface area contributed by atoms with Gasteiger partial charge in [-0.25, -0.2) is 4.98 Å². The van der Waals surface area contributed by atoms with Crippen molar-refractivity contribution < 1.29 is 4.74 Å². The number of hydrogen-bond acceptors (Lipinski definition) is 4. The highest BCUT2D eigenvalue weighted by Gasteiger charge is 2.15. The van der Waals surface area contributed by atoms with Gasteiger partial charge in [0.15, 0.2) is 5.82 Å². The third kappa shape index (κ3) is 4.20. The molecule has 0 saturated heterocycles. The Hall–Kier alpha value is -3.05. The highest BCUT2D eigenvalue weighted by Crippen LogP contribution is 2.31. The van der Waals surface area contributed by atoms with Crippen molar-refractivity contribution in [2.45, 2.75) is 13.0 Å². The predicted molar refractivity (Wildman–Crippen MR) is 121 cm³/mol. The minimum Gasteiger partial charge on any atom is -0.497 e. The fourth-order valence-corrected chi connectivity index (χ4v) is 3.79. The quantitative estimate of drug-likeness (QED) is 0.476. The van der Waals surface area contributed by atoms with Crippen LogP contribution in [0, 0.1) is 0 Å². The highest BCUT2D eigenvalue weighted by molar-refractivity contribution is 6.10. The summed E-state index contributed by atoms with van der Waals surface area (Å²) in [5.41, 5.74) is 3.49. The van der Waals surface area contributed by atoms with Crippen LogP contribution in [-0.4, -0.2) is 49.2 Å². The molecule has 1 N–H and O–H groups in total. The smallest absolute Gasteiger partial charge is 0.153 e. The Morgan fingerprint density at radius 2 is 1.72 bits per heavy atom. The summed E-state index contributed by atoms with van der Waals surface area (Å²) in [4.78, 5) is 13.0. The molecule has 0 aliphatic heterocycles. The van der Waals surface area contributed by atoms with Crippen molar-refractivity contribution in [1.82, 2.24) is 14.9 Å². The number of pyridine rings is 1. The standard InChI is InChI=1S/C24H28N4O/c1-27(2)15-6-16-28(17-18-9-11-19(29-3)12-10-18)24-23-21(13-14-25-24)20-7-4-5-8-22(20)26-23/h4-5,7-14,26H,6,15-17H2,1-3H3. The van der Waals surface area contributed by atoms with Crippen molar-refractivity contribution in [3.8, 4) is 5.75 Å². The van der Waals surface area contributed by atoms with Gasteiger partial charge in [0.05, 0.1) is 12.6 Å². The minimum absolute atomic E-state index is 0.804. The number of ether oxygens (including phenoxy) is 1. The van der Waals surface area contributed by atoms with Gasteiger partial charge in [-0.15, -0.1) is 0 Å². The van der Waals surface area contributed by atoms with E-state index < -0.39 is 0 Å². The zero-order chi connectivity index (χ0) is 20.2. The first-order valence-corrected chi connectivity index (χ1v) is 10.0. The molecule has 0 bridgehead atoms. The Balaban J connectivity index is 1.71. The maximum Gasteiger partial charge on any atom is 0.153 e. The minimum atomic E-state index is 0.804. The van der Waals surface area contributed by atoms with E-state index in [2.05, 4.69) is 71.3 Å². The van der Waals surface area contributed by atoms with E-state index in [1.54, 1.807) is 7.11 Å². The normalized spacial score (nSPS) is 11.4. The Bertz CT molecular complexity index is 1090. The summed E-state index contributed by atoms with van der Waals surface area (Å²) >= 11 is 0. The molecule has 5 heteroatoms. The van der Waals surface area contributed by atoms with Crippen LogP contribution in [0.5, 0.6) is 5.75 Å². The summed E-state index contributed by atoms with van der Waals surface area (Å²) in [6.07, 6.45) is 2.99. The molecule has 0 aliphatic rings. The molecule has 0 radical (unpaired) electrons. The summed E-state index contributed by atoms with van der Waals surface area (Å²) in [6.45, 7) is 2.78. The van der Waals surface area contributed by atoms with E-state index in [4.69, 9.17) is 9.72 Å². The second-order valence-corrected chi connectivity index (χ2v) is 7.65. The Morgan fingerprint density at radius 3 is 2.48 bits per heavy atom. The molecule has 150 valence electrons. The number of benzene rings is 2. The summed E-state index contributed by atoms with van der Waals surface area (Å²) in [5, 5.41) is 2.46. The molecule has 2 heterocycles. The number of para-hydroxylation sites is 1. The molecule has 0 aliphatic carbocycles. The summed E-state index contributed by atoms with van der Waals surface area (Å²) in [6, 6.07) is 18.8. The lowest BCUT2D eigenvalue weighted by molar-refractivity contribution is 0.400. The Kier molecular flexibility index (Phi) is 5.67. The summed E-state index contributed by atoms with van der Waals surface area (Å²) in [7, 11) is 5.93. The first kappa shape index (κ1) is 19.3. The second-order valence-electron chi connectivity index (χ2n) is 7.65. The molecule has 29 heavy (non-hydrogen) atoms. The van der Waals surface area contributed by atoms with Gasteiger partial charge in [-0.2, -0.15) is 0 Å².